The molecule has 0 saturated heterocycles. The lowest BCUT2D eigenvalue weighted by Crippen LogP contribution is -2.36. The molecule has 5 nitrogen and oxygen atoms in total. The zero-order chi connectivity index (χ0) is 13.7. The van der Waals surface area contributed by atoms with Crippen molar-refractivity contribution in [3.8, 4) is 0 Å². The smallest absolute Gasteiger partial charge is 0.304 e. The molecular weight excluding hydrogens is 242 g/mol. The van der Waals surface area contributed by atoms with Crippen LogP contribution in [0.3, 0.4) is 0 Å². The van der Waals surface area contributed by atoms with Crippen LogP contribution in [0.5, 0.6) is 0 Å². The van der Waals surface area contributed by atoms with E-state index in [1.165, 1.54) is 10.9 Å². The molecule has 1 aromatic carbocycles. The van der Waals surface area contributed by atoms with E-state index in [1.807, 2.05) is 18.3 Å². The Balaban J connectivity index is 1.78. The molecule has 2 rings (SSSR count). The molecule has 0 saturated carbocycles. The molecule has 0 aliphatic rings. The number of aromatic nitrogens is 1. The number of aliphatic carboxylic acids is 1. The number of aromatic amines is 1. The van der Waals surface area contributed by atoms with Crippen molar-refractivity contribution in [2.24, 2.45) is 5.73 Å². The van der Waals surface area contributed by atoms with Crippen LogP contribution >= 0.6 is 0 Å². The van der Waals surface area contributed by atoms with Crippen molar-refractivity contribution in [1.82, 2.24) is 10.3 Å². The summed E-state index contributed by atoms with van der Waals surface area (Å²) in [4.78, 5) is 13.7. The summed E-state index contributed by atoms with van der Waals surface area (Å²) in [6.45, 7) is 1.31. The highest BCUT2D eigenvalue weighted by atomic mass is 16.4. The van der Waals surface area contributed by atoms with E-state index in [2.05, 4.69) is 22.4 Å². The number of nitrogens with one attached hydrogen (secondary N) is 2. The number of carbonyl (C=O) groups is 1. The quantitative estimate of drug-likeness (QED) is 0.562. The van der Waals surface area contributed by atoms with Crippen molar-refractivity contribution < 1.29 is 9.90 Å². The van der Waals surface area contributed by atoms with Gasteiger partial charge in [0.1, 0.15) is 0 Å². The third-order valence-electron chi connectivity index (χ3n) is 3.09. The molecule has 2 aromatic rings. The number of hydrogen-bond donors (Lipinski definition) is 4. The van der Waals surface area contributed by atoms with Crippen LogP contribution in [0.25, 0.3) is 10.9 Å². The fourth-order valence-electron chi connectivity index (χ4n) is 2.15. The average molecular weight is 261 g/mol. The van der Waals surface area contributed by atoms with Gasteiger partial charge >= 0.3 is 5.97 Å². The standard InChI is InChI=1S/C14H19N3O2/c15-11(7-14(18)19)9-16-6-5-10-8-17-13-4-2-1-3-12(10)13/h1-4,8,11,16-17H,5-7,9,15H2,(H,18,19). The summed E-state index contributed by atoms with van der Waals surface area (Å²) in [6.07, 6.45) is 2.91. The lowest BCUT2D eigenvalue weighted by molar-refractivity contribution is -0.137. The van der Waals surface area contributed by atoms with Crippen LogP contribution < -0.4 is 11.1 Å². The maximum absolute atomic E-state index is 10.5. The highest BCUT2D eigenvalue weighted by Crippen LogP contribution is 2.17. The molecule has 5 heteroatoms. The first-order chi connectivity index (χ1) is 9.16. The normalized spacial score (nSPS) is 12.7. The van der Waals surface area contributed by atoms with Gasteiger partial charge in [0.05, 0.1) is 6.42 Å². The lowest BCUT2D eigenvalue weighted by atomic mass is 10.1. The first-order valence-electron chi connectivity index (χ1n) is 6.40. The van der Waals surface area contributed by atoms with Crippen LogP contribution in [0.2, 0.25) is 0 Å². The Bertz CT molecular complexity index is 550. The van der Waals surface area contributed by atoms with Gasteiger partial charge in [-0.1, -0.05) is 18.2 Å². The molecule has 1 unspecified atom stereocenters. The predicted octanol–water partition coefficient (Wildman–Crippen LogP) is 1.10. The Hall–Kier alpha value is -1.85. The van der Waals surface area contributed by atoms with E-state index in [4.69, 9.17) is 10.8 Å². The Kier molecular flexibility index (Phi) is 4.54. The molecule has 0 radical (unpaired) electrons. The highest BCUT2D eigenvalue weighted by Gasteiger charge is 2.07. The maximum Gasteiger partial charge on any atom is 0.304 e. The maximum atomic E-state index is 10.5. The number of para-hydroxylation sites is 1. The van der Waals surface area contributed by atoms with Crippen molar-refractivity contribution in [3.63, 3.8) is 0 Å². The number of benzene rings is 1. The van der Waals surface area contributed by atoms with E-state index in [1.54, 1.807) is 0 Å². The fourth-order valence-corrected chi connectivity index (χ4v) is 2.15. The van der Waals surface area contributed by atoms with E-state index >= 15 is 0 Å². The number of carboxylic acids is 1. The predicted molar refractivity (Wildman–Crippen MR) is 75.1 cm³/mol. The minimum absolute atomic E-state index is 0.0000847. The molecular formula is C14H19N3O2. The second-order valence-corrected chi connectivity index (χ2v) is 4.67. The highest BCUT2D eigenvalue weighted by molar-refractivity contribution is 5.83. The monoisotopic (exact) mass is 261 g/mol. The summed E-state index contributed by atoms with van der Waals surface area (Å²) < 4.78 is 0. The average Bonchev–Trinajstić information content (AvgIpc) is 2.77. The largest absolute Gasteiger partial charge is 0.481 e. The van der Waals surface area contributed by atoms with E-state index < -0.39 is 5.97 Å². The Morgan fingerprint density at radius 3 is 3.00 bits per heavy atom. The number of rotatable bonds is 7. The van der Waals surface area contributed by atoms with Crippen molar-refractivity contribution in [1.29, 1.82) is 0 Å². The number of carboxylic acid groups (broad SMARTS) is 1. The van der Waals surface area contributed by atoms with Crippen LogP contribution in [-0.4, -0.2) is 35.2 Å². The van der Waals surface area contributed by atoms with Crippen LogP contribution in [-0.2, 0) is 11.2 Å². The first-order valence-corrected chi connectivity index (χ1v) is 6.40. The number of H-pyrrole nitrogens is 1. The van der Waals surface area contributed by atoms with Crippen molar-refractivity contribution in [2.45, 2.75) is 18.9 Å². The number of nitrogens with two attached hydrogens (primary N) is 1. The van der Waals surface area contributed by atoms with Crippen molar-refractivity contribution in [3.05, 3.63) is 36.0 Å². The van der Waals surface area contributed by atoms with E-state index in [9.17, 15) is 4.79 Å². The molecule has 0 spiro atoms. The second-order valence-electron chi connectivity index (χ2n) is 4.67. The van der Waals surface area contributed by atoms with Crippen LogP contribution in [0.4, 0.5) is 0 Å². The molecule has 19 heavy (non-hydrogen) atoms. The van der Waals surface area contributed by atoms with Crippen molar-refractivity contribution >= 4 is 16.9 Å². The summed E-state index contributed by atoms with van der Waals surface area (Å²) in [7, 11) is 0. The third-order valence-corrected chi connectivity index (χ3v) is 3.09. The fraction of sp³-hybridized carbons (Fsp3) is 0.357. The van der Waals surface area contributed by atoms with Gasteiger partial charge in [-0.3, -0.25) is 4.79 Å². The number of hydrogen-bond acceptors (Lipinski definition) is 3. The Morgan fingerprint density at radius 2 is 2.21 bits per heavy atom. The minimum atomic E-state index is -0.856. The summed E-state index contributed by atoms with van der Waals surface area (Å²) in [5.74, 6) is -0.856. The number of fused-ring (bicyclic) bond motifs is 1. The van der Waals surface area contributed by atoms with Gasteiger partial charge in [-0.2, -0.15) is 0 Å². The van der Waals surface area contributed by atoms with Gasteiger partial charge in [0.15, 0.2) is 0 Å². The van der Waals surface area contributed by atoms with Gasteiger partial charge in [-0.25, -0.2) is 0 Å². The first kappa shape index (κ1) is 13.6. The SMILES string of the molecule is NC(CNCCc1c[nH]c2ccccc12)CC(=O)O. The van der Waals surface area contributed by atoms with Gasteiger partial charge in [0.25, 0.3) is 0 Å². The molecule has 0 bridgehead atoms. The summed E-state index contributed by atoms with van der Waals surface area (Å²) in [5.41, 5.74) is 8.07. The van der Waals surface area contributed by atoms with Gasteiger partial charge in [-0.05, 0) is 24.6 Å². The van der Waals surface area contributed by atoms with Crippen LogP contribution in [0, 0.1) is 0 Å². The molecule has 1 heterocycles. The van der Waals surface area contributed by atoms with Crippen LogP contribution in [0.15, 0.2) is 30.5 Å². The van der Waals surface area contributed by atoms with Gasteiger partial charge < -0.3 is 21.1 Å². The van der Waals surface area contributed by atoms with E-state index in [-0.39, 0.29) is 12.5 Å². The minimum Gasteiger partial charge on any atom is -0.481 e. The Morgan fingerprint density at radius 1 is 1.42 bits per heavy atom. The molecule has 0 aliphatic carbocycles. The van der Waals surface area contributed by atoms with Gasteiger partial charge in [-0.15, -0.1) is 0 Å². The zero-order valence-electron chi connectivity index (χ0n) is 10.7. The Labute approximate surface area is 111 Å². The molecule has 1 atom stereocenters. The van der Waals surface area contributed by atoms with E-state index in [0.29, 0.717) is 6.54 Å². The van der Waals surface area contributed by atoms with Gasteiger partial charge in [0, 0.05) is 29.7 Å². The van der Waals surface area contributed by atoms with E-state index in [0.717, 1.165) is 18.5 Å². The van der Waals surface area contributed by atoms with Crippen molar-refractivity contribution in [2.75, 3.05) is 13.1 Å². The second kappa shape index (κ2) is 6.36. The summed E-state index contributed by atoms with van der Waals surface area (Å²) >= 11 is 0. The third kappa shape index (κ3) is 3.81. The molecule has 5 N–H and O–H groups in total. The molecule has 0 amide bonds. The van der Waals surface area contributed by atoms with Crippen LogP contribution in [0.1, 0.15) is 12.0 Å². The summed E-state index contributed by atoms with van der Waals surface area (Å²) in [6, 6.07) is 7.84. The topological polar surface area (TPSA) is 91.1 Å². The summed E-state index contributed by atoms with van der Waals surface area (Å²) in [5, 5.41) is 13.0. The van der Waals surface area contributed by atoms with Gasteiger partial charge in [0.2, 0.25) is 0 Å². The molecule has 0 aliphatic heterocycles. The zero-order valence-corrected chi connectivity index (χ0v) is 10.7. The molecule has 0 fully saturated rings. The lowest BCUT2D eigenvalue weighted by Gasteiger charge is -2.10. The molecule has 102 valence electrons. The molecule has 1 aromatic heterocycles.